The van der Waals surface area contributed by atoms with Gasteiger partial charge in [-0.1, -0.05) is 19.9 Å². The van der Waals surface area contributed by atoms with E-state index in [1.54, 1.807) is 0 Å². The second-order valence-corrected chi connectivity index (χ2v) is 8.75. The second-order valence-electron chi connectivity index (χ2n) is 8.75. The Hall–Kier alpha value is -2.87. The Morgan fingerprint density at radius 2 is 2.06 bits per heavy atom. The van der Waals surface area contributed by atoms with Crippen molar-refractivity contribution in [3.8, 4) is 5.75 Å². The summed E-state index contributed by atoms with van der Waals surface area (Å²) in [6, 6.07) is 4.10. The van der Waals surface area contributed by atoms with Crippen LogP contribution in [-0.2, 0) is 11.0 Å². The summed E-state index contributed by atoms with van der Waals surface area (Å²) in [5, 5.41) is 3.42. The van der Waals surface area contributed by atoms with Gasteiger partial charge >= 0.3 is 6.18 Å². The molecule has 192 valence electrons. The molecule has 0 saturated carbocycles. The Morgan fingerprint density at radius 3 is 2.60 bits per heavy atom. The first-order valence-corrected chi connectivity index (χ1v) is 11.9. The number of ketones is 1. The fourth-order valence-corrected chi connectivity index (χ4v) is 3.84. The smallest absolute Gasteiger partial charge is 0.419 e. The van der Waals surface area contributed by atoms with Crippen molar-refractivity contribution < 1.29 is 22.7 Å². The van der Waals surface area contributed by atoms with E-state index in [1.165, 1.54) is 32.2 Å². The van der Waals surface area contributed by atoms with E-state index in [9.17, 15) is 18.0 Å². The number of carbonyl (C=O) groups is 1. The molecule has 2 rings (SSSR count). The summed E-state index contributed by atoms with van der Waals surface area (Å²) in [5.41, 5.74) is 1.21. The quantitative estimate of drug-likeness (QED) is 0.266. The number of allylic oxidation sites excluding steroid dienone is 4. The highest BCUT2D eigenvalue weighted by Gasteiger charge is 2.34. The number of nitrogens with zero attached hydrogens (tertiary/aromatic N) is 2. The summed E-state index contributed by atoms with van der Waals surface area (Å²) in [5.74, 6) is -0.552. The summed E-state index contributed by atoms with van der Waals surface area (Å²) in [6.07, 6.45) is 3.37. The molecule has 1 aliphatic heterocycles. The van der Waals surface area contributed by atoms with E-state index in [0.717, 1.165) is 37.8 Å². The average Bonchev–Trinajstić information content (AvgIpc) is 2.81. The molecule has 1 aromatic rings. The summed E-state index contributed by atoms with van der Waals surface area (Å²) in [4.78, 5) is 19.0. The topological polar surface area (TPSA) is 53.9 Å². The van der Waals surface area contributed by atoms with Crippen LogP contribution in [0.5, 0.6) is 5.75 Å². The highest BCUT2D eigenvalue weighted by molar-refractivity contribution is 6.03. The Balaban J connectivity index is 2.53. The van der Waals surface area contributed by atoms with Crippen molar-refractivity contribution in [2.75, 3.05) is 26.7 Å². The van der Waals surface area contributed by atoms with E-state index in [2.05, 4.69) is 17.1 Å². The molecule has 1 N–H and O–H groups in total. The lowest BCUT2D eigenvalue weighted by Crippen LogP contribution is -2.48. The van der Waals surface area contributed by atoms with Crippen LogP contribution in [0.1, 0.15) is 52.2 Å². The van der Waals surface area contributed by atoms with Gasteiger partial charge in [-0.25, -0.2) is 0 Å². The number of hydrogen-bond acceptors (Lipinski definition) is 5. The SMILES string of the molecule is C\C=C(/C=C\C(=N/C(=C\C(C)=O)c1ccc(OC)c(C(F)(F)F)c1)C(C)CC)N1CCN[C@@H](C)C1. The molecular formula is C27H36F3N3O2. The highest BCUT2D eigenvalue weighted by Crippen LogP contribution is 2.38. The van der Waals surface area contributed by atoms with Gasteiger partial charge in [0.15, 0.2) is 5.78 Å². The highest BCUT2D eigenvalue weighted by atomic mass is 19.4. The summed E-state index contributed by atoms with van der Waals surface area (Å²) in [6.45, 7) is 12.1. The van der Waals surface area contributed by atoms with Crippen molar-refractivity contribution in [3.63, 3.8) is 0 Å². The van der Waals surface area contributed by atoms with Crippen LogP contribution < -0.4 is 10.1 Å². The van der Waals surface area contributed by atoms with Crippen molar-refractivity contribution in [2.24, 2.45) is 10.9 Å². The number of rotatable bonds is 9. The molecule has 1 fully saturated rings. The van der Waals surface area contributed by atoms with Gasteiger partial charge in [-0.15, -0.1) is 0 Å². The lowest BCUT2D eigenvalue weighted by Gasteiger charge is -2.34. The molecule has 0 aromatic heterocycles. The van der Waals surface area contributed by atoms with E-state index in [4.69, 9.17) is 9.73 Å². The Bertz CT molecular complexity index is 1010. The molecule has 1 heterocycles. The van der Waals surface area contributed by atoms with Gasteiger partial charge in [0.1, 0.15) is 5.75 Å². The van der Waals surface area contributed by atoms with Gasteiger partial charge in [0.2, 0.25) is 0 Å². The maximum atomic E-state index is 13.6. The zero-order chi connectivity index (χ0) is 26.2. The van der Waals surface area contributed by atoms with Gasteiger partial charge in [-0.2, -0.15) is 13.2 Å². The number of piperazine rings is 1. The molecule has 0 aliphatic carbocycles. The van der Waals surface area contributed by atoms with E-state index >= 15 is 0 Å². The van der Waals surface area contributed by atoms with Gasteiger partial charge in [-0.3, -0.25) is 9.79 Å². The first-order valence-electron chi connectivity index (χ1n) is 11.9. The minimum atomic E-state index is -4.60. The molecule has 0 amide bonds. The molecule has 1 aliphatic rings. The Labute approximate surface area is 206 Å². The minimum absolute atomic E-state index is 0.0296. The second kappa shape index (κ2) is 12.7. The maximum Gasteiger partial charge on any atom is 0.419 e. The van der Waals surface area contributed by atoms with Crippen molar-refractivity contribution in [3.05, 3.63) is 59.3 Å². The van der Waals surface area contributed by atoms with Crippen molar-refractivity contribution in [1.82, 2.24) is 10.2 Å². The number of carbonyl (C=O) groups excluding carboxylic acids is 1. The van der Waals surface area contributed by atoms with Crippen molar-refractivity contribution in [1.29, 1.82) is 0 Å². The van der Waals surface area contributed by atoms with Gasteiger partial charge < -0.3 is 15.0 Å². The molecule has 5 nitrogen and oxygen atoms in total. The van der Waals surface area contributed by atoms with E-state index in [-0.39, 0.29) is 28.7 Å². The van der Waals surface area contributed by atoms with Crippen LogP contribution in [0.3, 0.4) is 0 Å². The molecular weight excluding hydrogens is 455 g/mol. The summed E-state index contributed by atoms with van der Waals surface area (Å²) in [7, 11) is 1.19. The first kappa shape index (κ1) is 28.4. The number of halogens is 3. The van der Waals surface area contributed by atoms with E-state index in [1.807, 2.05) is 39.0 Å². The van der Waals surface area contributed by atoms with Gasteiger partial charge in [0.25, 0.3) is 0 Å². The predicted molar refractivity (Wildman–Crippen MR) is 135 cm³/mol. The largest absolute Gasteiger partial charge is 0.496 e. The normalized spacial score (nSPS) is 19.3. The van der Waals surface area contributed by atoms with Crippen LogP contribution >= 0.6 is 0 Å². The van der Waals surface area contributed by atoms with Gasteiger partial charge in [0.05, 0.1) is 18.4 Å². The zero-order valence-corrected chi connectivity index (χ0v) is 21.4. The lowest BCUT2D eigenvalue weighted by atomic mass is 10.0. The molecule has 0 bridgehead atoms. The maximum absolute atomic E-state index is 13.6. The summed E-state index contributed by atoms with van der Waals surface area (Å²) < 4.78 is 45.7. The molecule has 2 atom stereocenters. The van der Waals surface area contributed by atoms with Crippen LogP contribution in [0.15, 0.2) is 53.2 Å². The van der Waals surface area contributed by atoms with Crippen molar-refractivity contribution >= 4 is 17.2 Å². The van der Waals surface area contributed by atoms with Crippen LogP contribution in [0.4, 0.5) is 13.2 Å². The minimum Gasteiger partial charge on any atom is -0.496 e. The van der Waals surface area contributed by atoms with Crippen LogP contribution in [0.2, 0.25) is 0 Å². The molecule has 1 saturated heterocycles. The Morgan fingerprint density at radius 1 is 1.34 bits per heavy atom. The van der Waals surface area contributed by atoms with Gasteiger partial charge in [-0.05, 0) is 63.5 Å². The molecule has 0 spiro atoms. The number of benzene rings is 1. The number of methoxy groups -OCH3 is 1. The number of hydrogen-bond donors (Lipinski definition) is 1. The molecule has 0 radical (unpaired) electrons. The molecule has 35 heavy (non-hydrogen) atoms. The third kappa shape index (κ3) is 8.09. The first-order chi connectivity index (χ1) is 16.5. The van der Waals surface area contributed by atoms with E-state index < -0.39 is 11.7 Å². The molecule has 1 unspecified atom stereocenters. The van der Waals surface area contributed by atoms with Crippen LogP contribution in [0.25, 0.3) is 5.70 Å². The average molecular weight is 492 g/mol. The van der Waals surface area contributed by atoms with Crippen LogP contribution in [0, 0.1) is 5.92 Å². The molecule has 1 aromatic carbocycles. The predicted octanol–water partition coefficient (Wildman–Crippen LogP) is 5.88. The summed E-state index contributed by atoms with van der Waals surface area (Å²) >= 11 is 0. The monoisotopic (exact) mass is 491 g/mol. The number of ether oxygens (including phenoxy) is 1. The van der Waals surface area contributed by atoms with Crippen LogP contribution in [-0.4, -0.2) is 49.2 Å². The number of alkyl halides is 3. The Kier molecular flexibility index (Phi) is 10.3. The lowest BCUT2D eigenvalue weighted by molar-refractivity contribution is -0.138. The fourth-order valence-electron chi connectivity index (χ4n) is 3.84. The van der Waals surface area contributed by atoms with Crippen molar-refractivity contribution in [2.45, 2.75) is 53.3 Å². The van der Waals surface area contributed by atoms with E-state index in [0.29, 0.717) is 11.8 Å². The molecule has 8 heteroatoms. The number of aliphatic imine (C=N–C) groups is 1. The van der Waals surface area contributed by atoms with Gasteiger partial charge in [0, 0.05) is 48.7 Å². The zero-order valence-electron chi connectivity index (χ0n) is 21.4. The standard InChI is InChI=1S/C27H36F3N3O2/c1-7-18(3)24(11-10-22(8-2)33-14-13-31-19(4)17-33)32-25(15-20(5)34)21-9-12-26(35-6)23(16-21)27(28,29)30/h8-12,15-16,18-19,31H,7,13-14,17H2,1-6H3/b11-10-,22-8+,25-15-,32-24+/t18?,19-/m0/s1. The third-order valence-corrected chi connectivity index (χ3v) is 5.96. The third-order valence-electron chi connectivity index (χ3n) is 5.96. The fraction of sp³-hybridized carbons (Fsp3) is 0.481. The number of nitrogens with one attached hydrogen (secondary N) is 1.